The summed E-state index contributed by atoms with van der Waals surface area (Å²) in [6.45, 7) is 4.82. The van der Waals surface area contributed by atoms with Gasteiger partial charge in [0.05, 0.1) is 12.8 Å². The van der Waals surface area contributed by atoms with E-state index in [4.69, 9.17) is 4.74 Å². The Morgan fingerprint density at radius 2 is 1.72 bits per heavy atom. The zero-order valence-electron chi connectivity index (χ0n) is 19.0. The van der Waals surface area contributed by atoms with E-state index in [1.165, 1.54) is 17.5 Å². The number of likely N-dealkylation sites (tertiary alicyclic amines) is 1. The molecule has 166 valence electrons. The van der Waals surface area contributed by atoms with Crippen LogP contribution in [0.2, 0.25) is 0 Å². The highest BCUT2D eigenvalue weighted by Gasteiger charge is 2.52. The van der Waals surface area contributed by atoms with Crippen molar-refractivity contribution in [1.29, 1.82) is 0 Å². The zero-order chi connectivity index (χ0) is 22.1. The van der Waals surface area contributed by atoms with E-state index in [9.17, 15) is 5.11 Å². The number of fused-ring (bicyclic) bond motifs is 2. The van der Waals surface area contributed by atoms with E-state index in [0.717, 1.165) is 55.0 Å². The molecule has 2 heterocycles. The fourth-order valence-corrected chi connectivity index (χ4v) is 5.89. The summed E-state index contributed by atoms with van der Waals surface area (Å²) in [6, 6.07) is 21.0. The van der Waals surface area contributed by atoms with Crippen LogP contribution in [-0.4, -0.2) is 35.2 Å². The normalized spacial score (nSPS) is 25.5. The van der Waals surface area contributed by atoms with Gasteiger partial charge in [-0.15, -0.1) is 0 Å². The summed E-state index contributed by atoms with van der Waals surface area (Å²) in [4.78, 5) is 7.17. The van der Waals surface area contributed by atoms with E-state index < -0.39 is 5.60 Å². The van der Waals surface area contributed by atoms with Gasteiger partial charge >= 0.3 is 0 Å². The van der Waals surface area contributed by atoms with Crippen molar-refractivity contribution in [3.63, 3.8) is 0 Å². The van der Waals surface area contributed by atoms with Crippen molar-refractivity contribution < 1.29 is 9.84 Å². The van der Waals surface area contributed by atoms with Crippen LogP contribution in [-0.2, 0) is 12.1 Å². The van der Waals surface area contributed by atoms with E-state index in [2.05, 4.69) is 53.2 Å². The topological polar surface area (TPSA) is 45.6 Å². The average Bonchev–Trinajstić information content (AvgIpc) is 2.80. The summed E-state index contributed by atoms with van der Waals surface area (Å²) >= 11 is 0. The number of benzene rings is 2. The number of piperidine rings is 1. The van der Waals surface area contributed by atoms with Crippen molar-refractivity contribution in [2.24, 2.45) is 11.8 Å². The van der Waals surface area contributed by atoms with E-state index in [0.29, 0.717) is 0 Å². The average molecular weight is 429 g/mol. The van der Waals surface area contributed by atoms with E-state index in [1.807, 2.05) is 30.5 Å². The van der Waals surface area contributed by atoms with Gasteiger partial charge in [-0.3, -0.25) is 9.88 Å². The van der Waals surface area contributed by atoms with E-state index in [-0.39, 0.29) is 11.8 Å². The zero-order valence-corrected chi connectivity index (χ0v) is 19.0. The van der Waals surface area contributed by atoms with Gasteiger partial charge in [0.2, 0.25) is 0 Å². The minimum absolute atomic E-state index is 0.233. The molecule has 2 fully saturated rings. The fraction of sp³-hybridized carbons (Fsp3) is 0.393. The SMILES string of the molecule is COc1ccccc1-c1ccc(CN2C[C@@H]3CCC[C@@H](C2)C3(O)c2ncccc2C)cc1. The number of methoxy groups -OCH3 is 1. The molecule has 0 unspecified atom stereocenters. The van der Waals surface area contributed by atoms with Crippen molar-refractivity contribution >= 4 is 0 Å². The van der Waals surface area contributed by atoms with Gasteiger partial charge in [0.1, 0.15) is 11.4 Å². The second kappa shape index (κ2) is 8.68. The van der Waals surface area contributed by atoms with Gasteiger partial charge in [0.15, 0.2) is 0 Å². The Kier molecular flexibility index (Phi) is 5.75. The molecule has 3 aromatic rings. The van der Waals surface area contributed by atoms with Gasteiger partial charge in [0, 0.05) is 43.2 Å². The number of aliphatic hydroxyl groups is 1. The molecule has 32 heavy (non-hydrogen) atoms. The molecule has 2 aliphatic rings. The molecular formula is C28H32N2O2. The third-order valence-corrected chi connectivity index (χ3v) is 7.47. The molecule has 0 spiro atoms. The van der Waals surface area contributed by atoms with Crippen LogP contribution in [0.4, 0.5) is 0 Å². The molecule has 1 aliphatic carbocycles. The lowest BCUT2D eigenvalue weighted by atomic mass is 9.63. The molecule has 2 aromatic carbocycles. The van der Waals surface area contributed by atoms with Gasteiger partial charge in [-0.2, -0.15) is 0 Å². The highest BCUT2D eigenvalue weighted by molar-refractivity contribution is 5.70. The van der Waals surface area contributed by atoms with Gasteiger partial charge < -0.3 is 9.84 Å². The number of pyridine rings is 1. The molecule has 4 nitrogen and oxygen atoms in total. The lowest BCUT2D eigenvalue weighted by Crippen LogP contribution is -2.58. The highest BCUT2D eigenvalue weighted by atomic mass is 16.5. The van der Waals surface area contributed by atoms with Gasteiger partial charge in [-0.25, -0.2) is 0 Å². The summed E-state index contributed by atoms with van der Waals surface area (Å²) in [5, 5.41) is 11.9. The van der Waals surface area contributed by atoms with Crippen molar-refractivity contribution in [1.82, 2.24) is 9.88 Å². The lowest BCUT2D eigenvalue weighted by molar-refractivity contribution is -0.151. The number of nitrogens with zero attached hydrogens (tertiary/aromatic N) is 2. The second-order valence-corrected chi connectivity index (χ2v) is 9.41. The Morgan fingerprint density at radius 1 is 1.00 bits per heavy atom. The number of para-hydroxylation sites is 1. The Balaban J connectivity index is 1.33. The number of ether oxygens (including phenoxy) is 1. The highest BCUT2D eigenvalue weighted by Crippen LogP contribution is 2.49. The van der Waals surface area contributed by atoms with Crippen LogP contribution < -0.4 is 4.74 Å². The number of hydrogen-bond donors (Lipinski definition) is 1. The molecule has 2 atom stereocenters. The lowest BCUT2D eigenvalue weighted by Gasteiger charge is -2.53. The van der Waals surface area contributed by atoms with Gasteiger partial charge in [0.25, 0.3) is 0 Å². The molecule has 2 bridgehead atoms. The Hall–Kier alpha value is -2.69. The first-order valence-electron chi connectivity index (χ1n) is 11.7. The van der Waals surface area contributed by atoms with Crippen LogP contribution in [0.3, 0.4) is 0 Å². The molecule has 1 saturated carbocycles. The van der Waals surface area contributed by atoms with Crippen LogP contribution >= 0.6 is 0 Å². The quantitative estimate of drug-likeness (QED) is 0.608. The van der Waals surface area contributed by atoms with Crippen LogP contribution in [0.1, 0.15) is 36.1 Å². The molecule has 4 heteroatoms. The molecule has 1 aromatic heterocycles. The number of aromatic nitrogens is 1. The smallest absolute Gasteiger partial charge is 0.126 e. The minimum Gasteiger partial charge on any atom is -0.496 e. The third-order valence-electron chi connectivity index (χ3n) is 7.47. The van der Waals surface area contributed by atoms with E-state index >= 15 is 0 Å². The van der Waals surface area contributed by atoms with Crippen LogP contribution in [0.15, 0.2) is 66.9 Å². The molecule has 1 aliphatic heterocycles. The molecule has 0 radical (unpaired) electrons. The van der Waals surface area contributed by atoms with Crippen molar-refractivity contribution in [2.45, 2.75) is 38.3 Å². The van der Waals surface area contributed by atoms with E-state index in [1.54, 1.807) is 7.11 Å². The van der Waals surface area contributed by atoms with Crippen molar-refractivity contribution in [3.05, 3.63) is 83.7 Å². The van der Waals surface area contributed by atoms with Gasteiger partial charge in [-0.1, -0.05) is 55.0 Å². The largest absolute Gasteiger partial charge is 0.496 e. The first kappa shape index (κ1) is 21.2. The summed E-state index contributed by atoms with van der Waals surface area (Å²) in [6.07, 6.45) is 5.15. The molecule has 0 amide bonds. The maximum Gasteiger partial charge on any atom is 0.126 e. The Morgan fingerprint density at radius 3 is 2.41 bits per heavy atom. The first-order chi connectivity index (χ1) is 15.6. The fourth-order valence-electron chi connectivity index (χ4n) is 5.89. The molecular weight excluding hydrogens is 396 g/mol. The molecule has 5 rings (SSSR count). The number of aryl methyl sites for hydroxylation is 1. The predicted octanol–water partition coefficient (Wildman–Crippen LogP) is 5.19. The predicted molar refractivity (Wildman–Crippen MR) is 127 cm³/mol. The Bertz CT molecular complexity index is 1060. The summed E-state index contributed by atoms with van der Waals surface area (Å²) < 4.78 is 5.52. The summed E-state index contributed by atoms with van der Waals surface area (Å²) in [5.74, 6) is 1.36. The summed E-state index contributed by atoms with van der Waals surface area (Å²) in [7, 11) is 1.72. The van der Waals surface area contributed by atoms with Crippen LogP contribution in [0.5, 0.6) is 5.75 Å². The monoisotopic (exact) mass is 428 g/mol. The standard InChI is InChI=1S/C28H32N2O2/c1-20-7-6-16-29-27(20)28(31)23-8-5-9-24(28)19-30(18-23)17-21-12-14-22(15-13-21)25-10-3-4-11-26(25)32-2/h3-4,6-7,10-16,23-24,31H,5,8-9,17-19H2,1-2H3/t23-,24-/m0/s1. The third kappa shape index (κ3) is 3.72. The molecule has 1 N–H and O–H groups in total. The summed E-state index contributed by atoms with van der Waals surface area (Å²) in [5.41, 5.74) is 4.80. The van der Waals surface area contributed by atoms with Crippen molar-refractivity contribution in [2.75, 3.05) is 20.2 Å². The van der Waals surface area contributed by atoms with Crippen molar-refractivity contribution in [3.8, 4) is 16.9 Å². The molecule has 1 saturated heterocycles. The maximum atomic E-state index is 11.9. The first-order valence-corrected chi connectivity index (χ1v) is 11.7. The van der Waals surface area contributed by atoms with Gasteiger partial charge in [-0.05, 0) is 48.6 Å². The second-order valence-electron chi connectivity index (χ2n) is 9.41. The minimum atomic E-state index is -0.798. The number of hydrogen-bond acceptors (Lipinski definition) is 4. The van der Waals surface area contributed by atoms with Crippen LogP contribution in [0, 0.1) is 18.8 Å². The maximum absolute atomic E-state index is 11.9. The number of rotatable bonds is 5. The van der Waals surface area contributed by atoms with Crippen LogP contribution in [0.25, 0.3) is 11.1 Å². The Labute approximate surface area is 190 Å².